The van der Waals surface area contributed by atoms with Gasteiger partial charge in [-0.05, 0) is 43.6 Å². The van der Waals surface area contributed by atoms with Crippen molar-refractivity contribution in [3.63, 3.8) is 0 Å². The molecule has 1 unspecified atom stereocenters. The Hall–Kier alpha value is -0.510. The number of fused-ring (bicyclic) bond motifs is 1. The molecule has 6 nitrogen and oxygen atoms in total. The molecule has 2 N–H and O–H groups in total. The molecular weight excluding hydrogens is 447 g/mol. The average molecular weight is 478 g/mol. The van der Waals surface area contributed by atoms with Crippen LogP contribution in [0.4, 0.5) is 0 Å². The van der Waals surface area contributed by atoms with Gasteiger partial charge in [0, 0.05) is 32.0 Å². The maximum absolute atomic E-state index is 4.85. The van der Waals surface area contributed by atoms with Gasteiger partial charge < -0.3 is 10.6 Å². The number of hydrogen-bond acceptors (Lipinski definition) is 4. The summed E-state index contributed by atoms with van der Waals surface area (Å²) in [5.41, 5.74) is 0. The Balaban J connectivity index is 0.00000225. The molecule has 1 fully saturated rings. The molecule has 1 atom stereocenters. The second-order valence-electron chi connectivity index (χ2n) is 6.64. The molecule has 0 spiro atoms. The minimum atomic E-state index is 0. The summed E-state index contributed by atoms with van der Waals surface area (Å²) in [4.78, 5) is 9.44. The van der Waals surface area contributed by atoms with Crippen molar-refractivity contribution in [3.8, 4) is 0 Å². The van der Waals surface area contributed by atoms with Gasteiger partial charge in [-0.1, -0.05) is 6.92 Å². The van der Waals surface area contributed by atoms with Crippen LogP contribution < -0.4 is 10.6 Å². The number of aliphatic imine (C=N–C) groups is 1. The van der Waals surface area contributed by atoms with Gasteiger partial charge in [-0.15, -0.1) is 24.0 Å². The van der Waals surface area contributed by atoms with E-state index in [1.54, 1.807) is 0 Å². The predicted molar refractivity (Wildman–Crippen MR) is 116 cm³/mol. The molecule has 8 heteroatoms. The maximum atomic E-state index is 4.85. The largest absolute Gasteiger partial charge is 0.357 e. The summed E-state index contributed by atoms with van der Waals surface area (Å²) in [6.45, 7) is 6.95. The van der Waals surface area contributed by atoms with Gasteiger partial charge in [-0.2, -0.15) is 16.9 Å². The number of aromatic nitrogens is 3. The normalized spacial score (nSPS) is 21.4. The fourth-order valence-corrected chi connectivity index (χ4v) is 4.50. The van der Waals surface area contributed by atoms with E-state index in [-0.39, 0.29) is 24.0 Å². The Morgan fingerprint density at radius 2 is 2.08 bits per heavy atom. The molecule has 0 saturated carbocycles. The lowest BCUT2D eigenvalue weighted by Gasteiger charge is -2.26. The smallest absolute Gasteiger partial charge is 0.191 e. The first-order valence-electron chi connectivity index (χ1n) is 9.33. The summed E-state index contributed by atoms with van der Waals surface area (Å²) in [7, 11) is 0. The van der Waals surface area contributed by atoms with Crippen molar-refractivity contribution >= 4 is 41.7 Å². The highest BCUT2D eigenvalue weighted by atomic mass is 127. The van der Waals surface area contributed by atoms with Crippen molar-refractivity contribution in [2.45, 2.75) is 58.5 Å². The first-order chi connectivity index (χ1) is 11.8. The molecule has 0 radical (unpaired) electrons. The standard InChI is InChI=1S/C17H30N6S.HI/c1-3-15-21-16-6-5-14(12-23(16)22-15)20-17(18-4-2)19-11-13-7-9-24-10-8-13;/h13-14H,3-12H2,1-2H3,(H2,18,19,20);1H. The van der Waals surface area contributed by atoms with Gasteiger partial charge >= 0.3 is 0 Å². The van der Waals surface area contributed by atoms with E-state index in [1.165, 1.54) is 24.3 Å². The van der Waals surface area contributed by atoms with Gasteiger partial charge in [0.15, 0.2) is 11.8 Å². The quantitative estimate of drug-likeness (QED) is 0.387. The summed E-state index contributed by atoms with van der Waals surface area (Å²) < 4.78 is 2.07. The third kappa shape index (κ3) is 6.01. The van der Waals surface area contributed by atoms with Crippen LogP contribution in [0.15, 0.2) is 4.99 Å². The molecule has 0 aromatic carbocycles. The average Bonchev–Trinajstić information content (AvgIpc) is 3.03. The highest BCUT2D eigenvalue weighted by Gasteiger charge is 2.22. The van der Waals surface area contributed by atoms with Gasteiger partial charge in [0.25, 0.3) is 0 Å². The Morgan fingerprint density at radius 1 is 1.28 bits per heavy atom. The second-order valence-corrected chi connectivity index (χ2v) is 7.86. The number of rotatable bonds is 5. The molecule has 3 rings (SSSR count). The van der Waals surface area contributed by atoms with Crippen LogP contribution in [0.1, 0.15) is 44.8 Å². The molecule has 2 aliphatic heterocycles. The maximum Gasteiger partial charge on any atom is 0.191 e. The number of hydrogen-bond donors (Lipinski definition) is 2. The predicted octanol–water partition coefficient (Wildman–Crippen LogP) is 2.47. The number of aryl methyl sites for hydroxylation is 2. The van der Waals surface area contributed by atoms with Crippen molar-refractivity contribution in [3.05, 3.63) is 11.6 Å². The van der Waals surface area contributed by atoms with E-state index < -0.39 is 0 Å². The molecule has 3 heterocycles. The molecule has 0 aliphatic carbocycles. The van der Waals surface area contributed by atoms with Crippen LogP contribution in [0.3, 0.4) is 0 Å². The number of halogens is 1. The van der Waals surface area contributed by atoms with E-state index >= 15 is 0 Å². The molecule has 1 saturated heterocycles. The summed E-state index contributed by atoms with van der Waals surface area (Å²) in [6.07, 6.45) is 5.59. The van der Waals surface area contributed by atoms with Gasteiger partial charge in [-0.25, -0.2) is 9.67 Å². The van der Waals surface area contributed by atoms with Crippen LogP contribution in [-0.2, 0) is 19.4 Å². The van der Waals surface area contributed by atoms with Gasteiger partial charge in [0.2, 0.25) is 0 Å². The third-order valence-corrected chi connectivity index (χ3v) is 5.80. The van der Waals surface area contributed by atoms with Crippen molar-refractivity contribution < 1.29 is 0 Å². The van der Waals surface area contributed by atoms with Gasteiger partial charge in [0.05, 0.1) is 6.54 Å². The first kappa shape index (κ1) is 20.8. The van der Waals surface area contributed by atoms with E-state index in [2.05, 4.69) is 51.0 Å². The number of nitrogens with one attached hydrogen (secondary N) is 2. The number of guanidine groups is 1. The zero-order chi connectivity index (χ0) is 16.8. The molecule has 25 heavy (non-hydrogen) atoms. The van der Waals surface area contributed by atoms with E-state index in [4.69, 9.17) is 4.99 Å². The minimum absolute atomic E-state index is 0. The van der Waals surface area contributed by atoms with Crippen LogP contribution in [0.5, 0.6) is 0 Å². The molecule has 1 aromatic rings. The molecule has 0 amide bonds. The highest BCUT2D eigenvalue weighted by Crippen LogP contribution is 2.22. The van der Waals surface area contributed by atoms with Crippen LogP contribution >= 0.6 is 35.7 Å². The summed E-state index contributed by atoms with van der Waals surface area (Å²) in [6, 6.07) is 0.378. The monoisotopic (exact) mass is 478 g/mol. The molecule has 2 aliphatic rings. The van der Waals surface area contributed by atoms with Crippen molar-refractivity contribution in [2.75, 3.05) is 24.6 Å². The van der Waals surface area contributed by atoms with E-state index in [1.807, 2.05) is 0 Å². The van der Waals surface area contributed by atoms with E-state index in [0.29, 0.717) is 6.04 Å². The van der Waals surface area contributed by atoms with Crippen LogP contribution in [0, 0.1) is 5.92 Å². The lowest BCUT2D eigenvalue weighted by atomic mass is 10.0. The zero-order valence-electron chi connectivity index (χ0n) is 15.3. The van der Waals surface area contributed by atoms with Crippen LogP contribution in [0.25, 0.3) is 0 Å². The third-order valence-electron chi connectivity index (χ3n) is 4.75. The summed E-state index contributed by atoms with van der Waals surface area (Å²) in [5, 5.41) is 11.6. The summed E-state index contributed by atoms with van der Waals surface area (Å²) in [5.74, 6) is 6.39. The summed E-state index contributed by atoms with van der Waals surface area (Å²) >= 11 is 2.07. The Kier molecular flexibility index (Phi) is 8.81. The first-order valence-corrected chi connectivity index (χ1v) is 10.5. The Morgan fingerprint density at radius 3 is 2.80 bits per heavy atom. The van der Waals surface area contributed by atoms with Gasteiger partial charge in [0.1, 0.15) is 5.82 Å². The van der Waals surface area contributed by atoms with Crippen molar-refractivity contribution in [2.24, 2.45) is 10.9 Å². The van der Waals surface area contributed by atoms with Crippen molar-refractivity contribution in [1.29, 1.82) is 0 Å². The van der Waals surface area contributed by atoms with Crippen LogP contribution in [0.2, 0.25) is 0 Å². The Bertz CT molecular complexity index is 555. The molecular formula is C17H31IN6S. The number of nitrogens with zero attached hydrogens (tertiary/aromatic N) is 4. The second kappa shape index (κ2) is 10.6. The Labute approximate surface area is 172 Å². The van der Waals surface area contributed by atoms with Gasteiger partial charge in [-0.3, -0.25) is 4.99 Å². The van der Waals surface area contributed by atoms with Crippen molar-refractivity contribution in [1.82, 2.24) is 25.4 Å². The molecule has 142 valence electrons. The fourth-order valence-electron chi connectivity index (χ4n) is 3.29. The number of thioether (sulfide) groups is 1. The lowest BCUT2D eigenvalue weighted by molar-refractivity contribution is 0.391. The zero-order valence-corrected chi connectivity index (χ0v) is 18.5. The lowest BCUT2D eigenvalue weighted by Crippen LogP contribution is -2.47. The SMILES string of the molecule is CCNC(=NCC1CCSCC1)NC1CCc2nc(CC)nn2C1.I. The minimum Gasteiger partial charge on any atom is -0.357 e. The van der Waals surface area contributed by atoms with Crippen LogP contribution in [-0.4, -0.2) is 51.4 Å². The topological polar surface area (TPSA) is 67.1 Å². The highest BCUT2D eigenvalue weighted by molar-refractivity contribution is 14.0. The van der Waals surface area contributed by atoms with E-state index in [0.717, 1.165) is 62.4 Å². The molecule has 1 aromatic heterocycles. The molecule has 0 bridgehead atoms. The van der Waals surface area contributed by atoms with E-state index in [9.17, 15) is 0 Å². The fraction of sp³-hybridized carbons (Fsp3) is 0.824.